The SMILES string of the molecule is COC1(C(O)Cc2ccn(C)n2)CCC(C)CC1. The number of aromatic nitrogens is 2. The molecule has 102 valence electrons. The Balaban J connectivity index is 2.03. The zero-order valence-corrected chi connectivity index (χ0v) is 11.6. The predicted octanol–water partition coefficient (Wildman–Crippen LogP) is 1.92. The second-order valence-electron chi connectivity index (χ2n) is 5.65. The largest absolute Gasteiger partial charge is 0.390 e. The van der Waals surface area contributed by atoms with E-state index in [2.05, 4.69) is 12.0 Å². The highest BCUT2D eigenvalue weighted by Gasteiger charge is 2.40. The Kier molecular flexibility index (Phi) is 4.07. The summed E-state index contributed by atoms with van der Waals surface area (Å²) in [7, 11) is 3.61. The van der Waals surface area contributed by atoms with E-state index in [0.717, 1.165) is 37.3 Å². The molecule has 4 nitrogen and oxygen atoms in total. The first-order chi connectivity index (χ1) is 8.55. The normalized spacial score (nSPS) is 30.3. The first kappa shape index (κ1) is 13.6. The lowest BCUT2D eigenvalue weighted by molar-refractivity contribution is -0.127. The summed E-state index contributed by atoms with van der Waals surface area (Å²) in [4.78, 5) is 0. The van der Waals surface area contributed by atoms with E-state index in [0.29, 0.717) is 6.42 Å². The summed E-state index contributed by atoms with van der Waals surface area (Å²) >= 11 is 0. The van der Waals surface area contributed by atoms with Gasteiger partial charge in [-0.2, -0.15) is 5.10 Å². The maximum Gasteiger partial charge on any atom is 0.0940 e. The van der Waals surface area contributed by atoms with Crippen LogP contribution in [0.2, 0.25) is 0 Å². The van der Waals surface area contributed by atoms with Crippen molar-refractivity contribution in [3.63, 3.8) is 0 Å². The van der Waals surface area contributed by atoms with Crippen LogP contribution in [0.15, 0.2) is 12.3 Å². The molecule has 2 rings (SSSR count). The molecule has 1 N–H and O–H groups in total. The molecule has 0 radical (unpaired) electrons. The Morgan fingerprint density at radius 1 is 1.56 bits per heavy atom. The molecular weight excluding hydrogens is 228 g/mol. The first-order valence-electron chi connectivity index (χ1n) is 6.77. The highest BCUT2D eigenvalue weighted by atomic mass is 16.5. The molecule has 1 aliphatic carbocycles. The molecule has 0 bridgehead atoms. The summed E-state index contributed by atoms with van der Waals surface area (Å²) in [6, 6.07) is 1.96. The third-order valence-electron chi connectivity index (χ3n) is 4.31. The molecule has 0 saturated heterocycles. The Morgan fingerprint density at radius 3 is 2.72 bits per heavy atom. The minimum Gasteiger partial charge on any atom is -0.390 e. The van der Waals surface area contributed by atoms with Crippen LogP contribution in [-0.4, -0.2) is 33.7 Å². The number of aliphatic hydroxyl groups is 1. The maximum absolute atomic E-state index is 10.5. The molecule has 4 heteroatoms. The van der Waals surface area contributed by atoms with Crippen molar-refractivity contribution in [3.8, 4) is 0 Å². The minimum absolute atomic E-state index is 0.371. The molecule has 1 aromatic heterocycles. The van der Waals surface area contributed by atoms with Crippen LogP contribution in [0.5, 0.6) is 0 Å². The molecule has 0 amide bonds. The lowest BCUT2D eigenvalue weighted by atomic mass is 9.75. The minimum atomic E-state index is -0.468. The van der Waals surface area contributed by atoms with Gasteiger partial charge in [0.15, 0.2) is 0 Å². The van der Waals surface area contributed by atoms with Crippen molar-refractivity contribution >= 4 is 0 Å². The van der Waals surface area contributed by atoms with Gasteiger partial charge in [-0.25, -0.2) is 0 Å². The Morgan fingerprint density at radius 2 is 2.22 bits per heavy atom. The Labute approximate surface area is 109 Å². The number of hydrogen-bond donors (Lipinski definition) is 1. The zero-order valence-electron chi connectivity index (χ0n) is 11.6. The van der Waals surface area contributed by atoms with Crippen molar-refractivity contribution in [2.24, 2.45) is 13.0 Å². The van der Waals surface area contributed by atoms with Gasteiger partial charge in [0.05, 0.1) is 17.4 Å². The molecule has 1 atom stereocenters. The number of rotatable bonds is 4. The van der Waals surface area contributed by atoms with Crippen molar-refractivity contribution in [1.29, 1.82) is 0 Å². The quantitative estimate of drug-likeness (QED) is 0.890. The van der Waals surface area contributed by atoms with Crippen LogP contribution in [-0.2, 0) is 18.2 Å². The molecular formula is C14H24N2O2. The topological polar surface area (TPSA) is 47.3 Å². The van der Waals surface area contributed by atoms with Crippen molar-refractivity contribution in [2.45, 2.75) is 50.7 Å². The smallest absolute Gasteiger partial charge is 0.0940 e. The van der Waals surface area contributed by atoms with Gasteiger partial charge in [0.25, 0.3) is 0 Å². The summed E-state index contributed by atoms with van der Waals surface area (Å²) in [5.74, 6) is 0.746. The zero-order chi connectivity index (χ0) is 13.2. The summed E-state index contributed by atoms with van der Waals surface area (Å²) in [5, 5.41) is 14.8. The average Bonchev–Trinajstić information content (AvgIpc) is 2.76. The van der Waals surface area contributed by atoms with Crippen LogP contribution >= 0.6 is 0 Å². The third-order valence-corrected chi connectivity index (χ3v) is 4.31. The van der Waals surface area contributed by atoms with E-state index in [4.69, 9.17) is 4.74 Å². The van der Waals surface area contributed by atoms with E-state index in [1.54, 1.807) is 11.8 Å². The molecule has 1 aliphatic rings. The molecule has 1 saturated carbocycles. The molecule has 1 aromatic rings. The summed E-state index contributed by atoms with van der Waals surface area (Å²) in [6.45, 7) is 2.27. The van der Waals surface area contributed by atoms with E-state index < -0.39 is 6.10 Å². The van der Waals surface area contributed by atoms with Crippen LogP contribution in [0.25, 0.3) is 0 Å². The van der Waals surface area contributed by atoms with Crippen molar-refractivity contribution in [2.75, 3.05) is 7.11 Å². The average molecular weight is 252 g/mol. The van der Waals surface area contributed by atoms with E-state index in [-0.39, 0.29) is 5.60 Å². The summed E-state index contributed by atoms with van der Waals surface area (Å²) < 4.78 is 7.45. The van der Waals surface area contributed by atoms with Crippen LogP contribution in [0, 0.1) is 5.92 Å². The number of nitrogens with zero attached hydrogens (tertiary/aromatic N) is 2. The van der Waals surface area contributed by atoms with E-state index in [1.165, 1.54) is 0 Å². The van der Waals surface area contributed by atoms with Crippen LogP contribution in [0.1, 0.15) is 38.3 Å². The van der Waals surface area contributed by atoms with Gasteiger partial charge in [-0.15, -0.1) is 0 Å². The number of aryl methyl sites for hydroxylation is 1. The second-order valence-corrected chi connectivity index (χ2v) is 5.65. The van der Waals surface area contributed by atoms with Gasteiger partial charge in [-0.05, 0) is 37.7 Å². The molecule has 1 unspecified atom stereocenters. The van der Waals surface area contributed by atoms with E-state index >= 15 is 0 Å². The van der Waals surface area contributed by atoms with Gasteiger partial charge in [-0.3, -0.25) is 4.68 Å². The lowest BCUT2D eigenvalue weighted by Gasteiger charge is -2.41. The number of hydrogen-bond acceptors (Lipinski definition) is 3. The molecule has 1 heterocycles. The maximum atomic E-state index is 10.5. The van der Waals surface area contributed by atoms with Gasteiger partial charge in [-0.1, -0.05) is 6.92 Å². The van der Waals surface area contributed by atoms with E-state index in [1.807, 2.05) is 19.3 Å². The number of ether oxygens (including phenoxy) is 1. The molecule has 0 aromatic carbocycles. The number of methoxy groups -OCH3 is 1. The highest BCUT2D eigenvalue weighted by Crippen LogP contribution is 2.37. The second kappa shape index (κ2) is 5.41. The molecule has 0 aliphatic heterocycles. The summed E-state index contributed by atoms with van der Waals surface area (Å²) in [6.07, 6.45) is 6.16. The van der Waals surface area contributed by atoms with Gasteiger partial charge in [0, 0.05) is 26.8 Å². The monoisotopic (exact) mass is 252 g/mol. The highest BCUT2D eigenvalue weighted by molar-refractivity contribution is 5.04. The third kappa shape index (κ3) is 2.75. The number of aliphatic hydroxyl groups excluding tert-OH is 1. The fraction of sp³-hybridized carbons (Fsp3) is 0.786. The van der Waals surface area contributed by atoms with Crippen molar-refractivity contribution in [1.82, 2.24) is 9.78 Å². The van der Waals surface area contributed by atoms with Gasteiger partial charge >= 0.3 is 0 Å². The van der Waals surface area contributed by atoms with Crippen molar-refractivity contribution < 1.29 is 9.84 Å². The fourth-order valence-corrected chi connectivity index (χ4v) is 2.88. The van der Waals surface area contributed by atoms with Gasteiger partial charge < -0.3 is 9.84 Å². The van der Waals surface area contributed by atoms with Gasteiger partial charge in [0.2, 0.25) is 0 Å². The van der Waals surface area contributed by atoms with Crippen LogP contribution in [0.3, 0.4) is 0 Å². The molecule has 18 heavy (non-hydrogen) atoms. The standard InChI is InChI=1S/C14H24N2O2/c1-11-4-7-14(18-3,8-5-11)13(17)10-12-6-9-16(2)15-12/h6,9,11,13,17H,4-5,7-8,10H2,1-3H3. The molecule has 1 fully saturated rings. The van der Waals surface area contributed by atoms with Crippen LogP contribution in [0.4, 0.5) is 0 Å². The molecule has 0 spiro atoms. The Hall–Kier alpha value is -0.870. The van der Waals surface area contributed by atoms with Gasteiger partial charge in [0.1, 0.15) is 0 Å². The first-order valence-corrected chi connectivity index (χ1v) is 6.77. The fourth-order valence-electron chi connectivity index (χ4n) is 2.88. The predicted molar refractivity (Wildman–Crippen MR) is 70.3 cm³/mol. The van der Waals surface area contributed by atoms with E-state index in [9.17, 15) is 5.11 Å². The lowest BCUT2D eigenvalue weighted by Crippen LogP contribution is -2.48. The van der Waals surface area contributed by atoms with Crippen molar-refractivity contribution in [3.05, 3.63) is 18.0 Å². The van der Waals surface area contributed by atoms with Crippen LogP contribution < -0.4 is 0 Å². The Bertz CT molecular complexity index is 381. The summed E-state index contributed by atoms with van der Waals surface area (Å²) in [5.41, 5.74) is 0.560.